The second-order valence-corrected chi connectivity index (χ2v) is 16.0. The topological polar surface area (TPSA) is 182 Å². The summed E-state index contributed by atoms with van der Waals surface area (Å²) in [7, 11) is 0. The molecule has 302 valence electrons. The highest BCUT2D eigenvalue weighted by Gasteiger charge is 2.33. The van der Waals surface area contributed by atoms with Gasteiger partial charge in [0.15, 0.2) is 5.78 Å². The number of pyridine rings is 1. The summed E-state index contributed by atoms with van der Waals surface area (Å²) in [5, 5.41) is 20.4. The van der Waals surface area contributed by atoms with Gasteiger partial charge in [-0.15, -0.1) is 0 Å². The predicted octanol–water partition coefficient (Wildman–Crippen LogP) is 6.43. The molecule has 1 aliphatic carbocycles. The molecule has 1 aromatic carbocycles. The number of hydrogen-bond acceptors (Lipinski definition) is 9. The number of aromatic nitrogens is 3. The molecular weight excluding hydrogens is 713 g/mol. The number of anilines is 1. The second kappa shape index (κ2) is 21.2. The van der Waals surface area contributed by atoms with E-state index < -0.39 is 53.9 Å². The molecule has 2 heterocycles. The molecule has 3 amide bonds. The van der Waals surface area contributed by atoms with Crippen molar-refractivity contribution in [3.05, 3.63) is 90.7 Å². The van der Waals surface area contributed by atoms with E-state index in [-0.39, 0.29) is 24.2 Å². The first-order valence-corrected chi connectivity index (χ1v) is 19.7. The van der Waals surface area contributed by atoms with Crippen molar-refractivity contribution in [1.82, 2.24) is 25.2 Å². The Balaban J connectivity index is 1.53. The molecule has 56 heavy (non-hydrogen) atoms. The van der Waals surface area contributed by atoms with Crippen molar-refractivity contribution in [2.75, 3.05) is 5.32 Å². The number of carbonyl (C=O) groups excluding carboxylic acids is 5. The Hall–Kier alpha value is -5.17. The highest BCUT2D eigenvalue weighted by molar-refractivity contribution is 6.08. The van der Waals surface area contributed by atoms with Gasteiger partial charge in [-0.1, -0.05) is 88.4 Å². The van der Waals surface area contributed by atoms with Gasteiger partial charge in [-0.05, 0) is 76.0 Å². The van der Waals surface area contributed by atoms with Crippen molar-refractivity contribution in [1.29, 1.82) is 0 Å². The van der Waals surface area contributed by atoms with Crippen molar-refractivity contribution < 1.29 is 33.8 Å². The Labute approximate surface area is 330 Å². The molecule has 2 aromatic heterocycles. The zero-order valence-electron chi connectivity index (χ0n) is 33.3. The van der Waals surface area contributed by atoms with Gasteiger partial charge in [-0.3, -0.25) is 19.2 Å². The van der Waals surface area contributed by atoms with E-state index in [9.17, 15) is 29.1 Å². The maximum Gasteiger partial charge on any atom is 0.420 e. The fraction of sp³-hybridized carbons (Fsp3) is 0.512. The number of hydrogen-bond donors (Lipinski definition) is 4. The van der Waals surface area contributed by atoms with Crippen LogP contribution in [-0.2, 0) is 25.5 Å². The van der Waals surface area contributed by atoms with Crippen LogP contribution in [0.4, 0.5) is 10.6 Å². The summed E-state index contributed by atoms with van der Waals surface area (Å²) in [5.74, 6) is -1.05. The summed E-state index contributed by atoms with van der Waals surface area (Å²) in [5.41, 5.74) is -0.109. The summed E-state index contributed by atoms with van der Waals surface area (Å²) in [6, 6.07) is 11.8. The third-order valence-electron chi connectivity index (χ3n) is 10.0. The first-order valence-electron chi connectivity index (χ1n) is 19.7. The SMILES string of the molecule is CC(C)[C@@H](C/C=C/C(=O)Nc1ccccn1)C[C@H](O)[C@H](CC1CCCCC1)NC(=O)[C@H](Cc1cncn1C(=O)OC(C)(C)C)NC(=O)CC(=O)c1ccccc1. The molecule has 0 radical (unpaired) electrons. The monoisotopic (exact) mass is 770 g/mol. The van der Waals surface area contributed by atoms with E-state index >= 15 is 0 Å². The van der Waals surface area contributed by atoms with Gasteiger partial charge in [0, 0.05) is 24.4 Å². The average Bonchev–Trinajstić information content (AvgIpc) is 3.62. The van der Waals surface area contributed by atoms with Crippen LogP contribution in [0.2, 0.25) is 0 Å². The lowest BCUT2D eigenvalue weighted by atomic mass is 9.80. The zero-order valence-corrected chi connectivity index (χ0v) is 33.3. The minimum Gasteiger partial charge on any atom is -0.443 e. The van der Waals surface area contributed by atoms with E-state index in [1.807, 2.05) is 0 Å². The summed E-state index contributed by atoms with van der Waals surface area (Å²) >= 11 is 0. The number of imidazole rings is 1. The van der Waals surface area contributed by atoms with E-state index in [1.54, 1.807) is 81.6 Å². The highest BCUT2D eigenvalue weighted by atomic mass is 16.6. The van der Waals surface area contributed by atoms with Crippen LogP contribution >= 0.6 is 0 Å². The van der Waals surface area contributed by atoms with Crippen LogP contribution in [0.15, 0.2) is 79.4 Å². The Bertz CT molecular complexity index is 1760. The molecule has 0 saturated heterocycles. The molecule has 13 nitrogen and oxygen atoms in total. The van der Waals surface area contributed by atoms with Crippen LogP contribution in [0.1, 0.15) is 108 Å². The Morgan fingerprint density at radius 1 is 0.982 bits per heavy atom. The highest BCUT2D eigenvalue weighted by Crippen LogP contribution is 2.30. The van der Waals surface area contributed by atoms with Gasteiger partial charge in [0.1, 0.15) is 23.8 Å². The van der Waals surface area contributed by atoms with Crippen LogP contribution in [0, 0.1) is 17.8 Å². The van der Waals surface area contributed by atoms with E-state index in [2.05, 4.69) is 39.8 Å². The van der Waals surface area contributed by atoms with Gasteiger partial charge >= 0.3 is 6.09 Å². The number of nitrogens with zero attached hydrogens (tertiary/aromatic N) is 3. The summed E-state index contributed by atoms with van der Waals surface area (Å²) < 4.78 is 6.73. The number of Topliss-reactive ketones (excluding diaryl/α,β-unsaturated/α-hetero) is 1. The largest absolute Gasteiger partial charge is 0.443 e. The zero-order chi connectivity index (χ0) is 40.7. The predicted molar refractivity (Wildman–Crippen MR) is 214 cm³/mol. The van der Waals surface area contributed by atoms with Gasteiger partial charge in [0.25, 0.3) is 0 Å². The van der Waals surface area contributed by atoms with Crippen molar-refractivity contribution in [2.24, 2.45) is 17.8 Å². The van der Waals surface area contributed by atoms with Gasteiger partial charge in [-0.2, -0.15) is 0 Å². The van der Waals surface area contributed by atoms with Gasteiger partial charge in [-0.25, -0.2) is 19.3 Å². The number of allylic oxidation sites excluding steroid dienone is 1. The van der Waals surface area contributed by atoms with Crippen LogP contribution in [0.3, 0.4) is 0 Å². The van der Waals surface area contributed by atoms with Crippen molar-refractivity contribution in [3.63, 3.8) is 0 Å². The molecule has 1 saturated carbocycles. The van der Waals surface area contributed by atoms with E-state index in [0.717, 1.165) is 32.1 Å². The van der Waals surface area contributed by atoms with E-state index in [0.29, 0.717) is 42.3 Å². The lowest BCUT2D eigenvalue weighted by Gasteiger charge is -2.33. The molecule has 4 atom stereocenters. The number of aliphatic hydroxyl groups is 1. The number of aliphatic hydroxyl groups excluding tert-OH is 1. The molecule has 1 aliphatic rings. The molecule has 3 aromatic rings. The number of benzene rings is 1. The summed E-state index contributed by atoms with van der Waals surface area (Å²) in [6.07, 6.45) is 12.0. The Morgan fingerprint density at radius 3 is 2.36 bits per heavy atom. The fourth-order valence-electron chi connectivity index (χ4n) is 6.93. The maximum absolute atomic E-state index is 14.3. The van der Waals surface area contributed by atoms with Crippen molar-refractivity contribution in [2.45, 2.75) is 123 Å². The van der Waals surface area contributed by atoms with Gasteiger partial charge in [0.2, 0.25) is 17.7 Å². The Morgan fingerprint density at radius 2 is 1.70 bits per heavy atom. The molecule has 0 bridgehead atoms. The van der Waals surface area contributed by atoms with Gasteiger partial charge in [0.05, 0.1) is 24.3 Å². The van der Waals surface area contributed by atoms with E-state index in [4.69, 9.17) is 4.74 Å². The fourth-order valence-corrected chi connectivity index (χ4v) is 6.93. The molecule has 4 rings (SSSR count). The Kier molecular flexibility index (Phi) is 16.5. The van der Waals surface area contributed by atoms with Crippen LogP contribution in [-0.4, -0.2) is 73.0 Å². The lowest BCUT2D eigenvalue weighted by molar-refractivity contribution is -0.129. The summed E-state index contributed by atoms with van der Waals surface area (Å²) in [6.45, 7) is 9.33. The second-order valence-electron chi connectivity index (χ2n) is 16.0. The number of ketones is 1. The number of nitrogens with one attached hydrogen (secondary N) is 3. The number of rotatable bonds is 18. The minimum atomic E-state index is -1.22. The average molecular weight is 771 g/mol. The normalized spacial score (nSPS) is 15.8. The molecule has 13 heteroatoms. The van der Waals surface area contributed by atoms with Crippen LogP contribution in [0.25, 0.3) is 0 Å². The number of amides is 3. The van der Waals surface area contributed by atoms with Gasteiger partial charge < -0.3 is 25.8 Å². The number of ether oxygens (including phenoxy) is 1. The standard InChI is InChI=1S/C43H58N6O7/c1-29(2)32(19-14-21-39(52)48-38-20-12-13-22-45-38)24-37(51)34(23-30-15-8-6-9-16-30)47-41(54)35(46-40(53)26-36(50)31-17-10-7-11-18-31)25-33-27-44-28-49(33)42(55)56-43(3,4)5/h7,10-14,17-18,20-22,27-30,32,34-35,37,51H,6,8-9,15-16,19,23-26H2,1-5H3,(H,46,53)(H,47,54)(H,45,48,52)/b21-14+/t32-,34-,35-,37-/m0/s1. The molecule has 0 aliphatic heterocycles. The molecule has 0 spiro atoms. The lowest BCUT2D eigenvalue weighted by Crippen LogP contribution is -2.54. The third kappa shape index (κ3) is 14.5. The third-order valence-corrected chi connectivity index (χ3v) is 10.0. The first kappa shape index (κ1) is 43.6. The molecule has 0 unspecified atom stereocenters. The smallest absolute Gasteiger partial charge is 0.420 e. The van der Waals surface area contributed by atoms with Crippen molar-refractivity contribution >= 4 is 35.4 Å². The van der Waals surface area contributed by atoms with Crippen LogP contribution in [0.5, 0.6) is 0 Å². The molecular formula is C43H58N6O7. The minimum absolute atomic E-state index is 0.0164. The maximum atomic E-state index is 14.3. The van der Waals surface area contributed by atoms with Crippen LogP contribution < -0.4 is 16.0 Å². The van der Waals surface area contributed by atoms with Crippen molar-refractivity contribution in [3.8, 4) is 0 Å². The summed E-state index contributed by atoms with van der Waals surface area (Å²) in [4.78, 5) is 74.5. The number of carbonyl (C=O) groups is 5. The molecule has 4 N–H and O–H groups in total. The molecule has 1 fully saturated rings. The van der Waals surface area contributed by atoms with E-state index in [1.165, 1.54) is 23.2 Å². The first-order chi connectivity index (χ1) is 26.7. The quantitative estimate of drug-likeness (QED) is 0.0644.